The standard InChI is InChI=1S/C11H17N3O.2ClH/c1-11(2,12)10(15)14-7-5-9-4-3-6-13-8-9;;/h3-4,6,8H,5,7,12H2,1-2H3,(H,14,15);2*1H. The van der Waals surface area contributed by atoms with Crippen molar-refractivity contribution in [3.63, 3.8) is 0 Å². The molecule has 0 bridgehead atoms. The molecule has 0 aliphatic rings. The van der Waals surface area contributed by atoms with Crippen LogP contribution in [0.1, 0.15) is 19.4 Å². The summed E-state index contributed by atoms with van der Waals surface area (Å²) in [5.74, 6) is -0.133. The fourth-order valence-corrected chi connectivity index (χ4v) is 1.09. The molecule has 0 aliphatic carbocycles. The van der Waals surface area contributed by atoms with Crippen LogP contribution in [0.15, 0.2) is 24.5 Å². The summed E-state index contributed by atoms with van der Waals surface area (Å²) < 4.78 is 0. The van der Waals surface area contributed by atoms with Gasteiger partial charge in [-0.3, -0.25) is 9.78 Å². The molecule has 0 radical (unpaired) electrons. The minimum absolute atomic E-state index is 0. The Morgan fingerprint density at radius 2 is 2.12 bits per heavy atom. The highest BCUT2D eigenvalue weighted by Crippen LogP contribution is 1.98. The minimum Gasteiger partial charge on any atom is -0.354 e. The molecule has 0 spiro atoms. The van der Waals surface area contributed by atoms with Gasteiger partial charge in [0.15, 0.2) is 0 Å². The summed E-state index contributed by atoms with van der Waals surface area (Å²) in [4.78, 5) is 15.4. The first-order valence-electron chi connectivity index (χ1n) is 4.96. The van der Waals surface area contributed by atoms with Crippen LogP contribution in [0.2, 0.25) is 0 Å². The lowest BCUT2D eigenvalue weighted by molar-refractivity contribution is -0.125. The summed E-state index contributed by atoms with van der Waals surface area (Å²) in [5, 5.41) is 2.78. The fourth-order valence-electron chi connectivity index (χ4n) is 1.09. The van der Waals surface area contributed by atoms with Crippen LogP contribution >= 0.6 is 24.8 Å². The predicted octanol–water partition coefficient (Wildman–Crippen LogP) is 1.32. The zero-order chi connectivity index (χ0) is 11.3. The topological polar surface area (TPSA) is 68.0 Å². The SMILES string of the molecule is CC(C)(N)C(=O)NCCc1cccnc1.Cl.Cl. The van der Waals surface area contributed by atoms with E-state index in [1.54, 1.807) is 26.2 Å². The number of aromatic nitrogens is 1. The molecular formula is C11H19Cl2N3O. The van der Waals surface area contributed by atoms with Crippen molar-refractivity contribution in [1.82, 2.24) is 10.3 Å². The smallest absolute Gasteiger partial charge is 0.239 e. The lowest BCUT2D eigenvalue weighted by atomic mass is 10.1. The van der Waals surface area contributed by atoms with Gasteiger partial charge in [0.25, 0.3) is 0 Å². The van der Waals surface area contributed by atoms with Crippen molar-refractivity contribution < 1.29 is 4.79 Å². The van der Waals surface area contributed by atoms with Crippen LogP contribution in [0.4, 0.5) is 0 Å². The normalized spacial score (nSPS) is 9.82. The Kier molecular flexibility index (Phi) is 9.02. The Labute approximate surface area is 114 Å². The molecule has 1 heterocycles. The van der Waals surface area contributed by atoms with Crippen LogP contribution in [0, 0.1) is 0 Å². The Bertz CT molecular complexity index is 325. The molecule has 3 N–H and O–H groups in total. The van der Waals surface area contributed by atoms with Gasteiger partial charge in [-0.2, -0.15) is 0 Å². The molecule has 1 aromatic rings. The Morgan fingerprint density at radius 1 is 1.47 bits per heavy atom. The van der Waals surface area contributed by atoms with Gasteiger partial charge in [0.1, 0.15) is 0 Å². The van der Waals surface area contributed by atoms with E-state index in [0.717, 1.165) is 12.0 Å². The number of nitrogens with zero attached hydrogens (tertiary/aromatic N) is 1. The number of halogens is 2. The molecule has 0 saturated heterocycles. The van der Waals surface area contributed by atoms with Gasteiger partial charge in [-0.15, -0.1) is 24.8 Å². The number of rotatable bonds is 4. The molecule has 0 aromatic carbocycles. The lowest BCUT2D eigenvalue weighted by Gasteiger charge is -2.17. The van der Waals surface area contributed by atoms with E-state index >= 15 is 0 Å². The van der Waals surface area contributed by atoms with E-state index in [1.807, 2.05) is 12.1 Å². The van der Waals surface area contributed by atoms with Crippen LogP contribution in [0.5, 0.6) is 0 Å². The van der Waals surface area contributed by atoms with Crippen molar-refractivity contribution in [2.45, 2.75) is 25.8 Å². The van der Waals surface area contributed by atoms with E-state index in [9.17, 15) is 4.79 Å². The molecule has 0 aliphatic heterocycles. The van der Waals surface area contributed by atoms with Gasteiger partial charge in [0.2, 0.25) is 5.91 Å². The molecule has 1 rings (SSSR count). The monoisotopic (exact) mass is 279 g/mol. The second-order valence-electron chi connectivity index (χ2n) is 4.09. The summed E-state index contributed by atoms with van der Waals surface area (Å²) in [6, 6.07) is 3.86. The maximum absolute atomic E-state index is 11.4. The quantitative estimate of drug-likeness (QED) is 0.874. The van der Waals surface area contributed by atoms with Gasteiger partial charge < -0.3 is 11.1 Å². The Morgan fingerprint density at radius 3 is 2.59 bits per heavy atom. The average molecular weight is 280 g/mol. The molecule has 4 nitrogen and oxygen atoms in total. The van der Waals surface area contributed by atoms with Gasteiger partial charge in [0, 0.05) is 18.9 Å². The van der Waals surface area contributed by atoms with E-state index in [4.69, 9.17) is 5.73 Å². The first kappa shape index (κ1) is 18.5. The Balaban J connectivity index is 0. The van der Waals surface area contributed by atoms with Crippen molar-refractivity contribution in [3.8, 4) is 0 Å². The largest absolute Gasteiger partial charge is 0.354 e. The Hall–Kier alpha value is -0.840. The maximum Gasteiger partial charge on any atom is 0.239 e. The minimum atomic E-state index is -0.811. The van der Waals surface area contributed by atoms with Crippen molar-refractivity contribution >= 4 is 30.7 Å². The van der Waals surface area contributed by atoms with E-state index in [1.165, 1.54) is 0 Å². The molecule has 0 atom stereocenters. The van der Waals surface area contributed by atoms with E-state index in [-0.39, 0.29) is 30.7 Å². The summed E-state index contributed by atoms with van der Waals surface area (Å²) in [6.07, 6.45) is 4.29. The number of nitrogens with one attached hydrogen (secondary N) is 1. The molecule has 1 aromatic heterocycles. The molecule has 1 amide bonds. The van der Waals surface area contributed by atoms with Crippen molar-refractivity contribution in [2.75, 3.05) is 6.54 Å². The van der Waals surface area contributed by atoms with Crippen molar-refractivity contribution in [1.29, 1.82) is 0 Å². The van der Waals surface area contributed by atoms with Gasteiger partial charge in [-0.25, -0.2) is 0 Å². The third-order valence-corrected chi connectivity index (χ3v) is 2.01. The summed E-state index contributed by atoms with van der Waals surface area (Å²) in [7, 11) is 0. The molecule has 0 fully saturated rings. The number of carbonyl (C=O) groups excluding carboxylic acids is 1. The fraction of sp³-hybridized carbons (Fsp3) is 0.455. The summed E-state index contributed by atoms with van der Waals surface area (Å²) in [5.41, 5.74) is 5.93. The van der Waals surface area contributed by atoms with Crippen LogP contribution in [-0.4, -0.2) is 23.0 Å². The molecule has 6 heteroatoms. The van der Waals surface area contributed by atoms with E-state index in [0.29, 0.717) is 6.54 Å². The number of hydrogen-bond acceptors (Lipinski definition) is 3. The third kappa shape index (κ3) is 7.15. The average Bonchev–Trinajstić information content (AvgIpc) is 2.18. The maximum atomic E-state index is 11.4. The van der Waals surface area contributed by atoms with Gasteiger partial charge >= 0.3 is 0 Å². The van der Waals surface area contributed by atoms with Crippen molar-refractivity contribution in [3.05, 3.63) is 30.1 Å². The number of hydrogen-bond donors (Lipinski definition) is 2. The molecular weight excluding hydrogens is 261 g/mol. The molecule has 98 valence electrons. The van der Waals surface area contributed by atoms with Crippen LogP contribution < -0.4 is 11.1 Å². The zero-order valence-electron chi connectivity index (χ0n) is 9.97. The third-order valence-electron chi connectivity index (χ3n) is 2.01. The van der Waals surface area contributed by atoms with E-state index in [2.05, 4.69) is 10.3 Å². The predicted molar refractivity (Wildman–Crippen MR) is 73.7 cm³/mol. The molecule has 17 heavy (non-hydrogen) atoms. The molecule has 0 unspecified atom stereocenters. The number of pyridine rings is 1. The number of carbonyl (C=O) groups is 1. The first-order valence-corrected chi connectivity index (χ1v) is 4.96. The van der Waals surface area contributed by atoms with Gasteiger partial charge in [0.05, 0.1) is 5.54 Å². The van der Waals surface area contributed by atoms with Crippen LogP contribution in [-0.2, 0) is 11.2 Å². The number of amides is 1. The van der Waals surface area contributed by atoms with Crippen LogP contribution in [0.3, 0.4) is 0 Å². The van der Waals surface area contributed by atoms with Crippen molar-refractivity contribution in [2.24, 2.45) is 5.73 Å². The molecule has 0 saturated carbocycles. The van der Waals surface area contributed by atoms with Gasteiger partial charge in [-0.05, 0) is 31.9 Å². The number of nitrogens with two attached hydrogens (primary N) is 1. The van der Waals surface area contributed by atoms with Gasteiger partial charge in [-0.1, -0.05) is 6.07 Å². The highest BCUT2D eigenvalue weighted by Gasteiger charge is 2.20. The second-order valence-corrected chi connectivity index (χ2v) is 4.09. The summed E-state index contributed by atoms with van der Waals surface area (Å²) in [6.45, 7) is 3.96. The second kappa shape index (κ2) is 8.28. The first-order chi connectivity index (χ1) is 7.00. The summed E-state index contributed by atoms with van der Waals surface area (Å²) >= 11 is 0. The highest BCUT2D eigenvalue weighted by atomic mass is 35.5. The van der Waals surface area contributed by atoms with E-state index < -0.39 is 5.54 Å². The zero-order valence-corrected chi connectivity index (χ0v) is 11.6. The lowest BCUT2D eigenvalue weighted by Crippen LogP contribution is -2.49. The highest BCUT2D eigenvalue weighted by molar-refractivity contribution is 5.85. The van der Waals surface area contributed by atoms with Crippen LogP contribution in [0.25, 0.3) is 0 Å².